The highest BCUT2D eigenvalue weighted by atomic mass is 16.6. The third kappa shape index (κ3) is 3.41. The van der Waals surface area contributed by atoms with E-state index >= 15 is 0 Å². The molecule has 132 valence electrons. The number of nitro groups is 1. The molecule has 0 fully saturated rings. The summed E-state index contributed by atoms with van der Waals surface area (Å²) < 4.78 is 5.75. The van der Waals surface area contributed by atoms with Crippen LogP contribution in [-0.2, 0) is 0 Å². The van der Waals surface area contributed by atoms with Crippen LogP contribution in [0.3, 0.4) is 0 Å². The summed E-state index contributed by atoms with van der Waals surface area (Å²) in [4.78, 5) is 14.9. The van der Waals surface area contributed by atoms with Gasteiger partial charge in [0.05, 0.1) is 10.6 Å². The molecule has 0 radical (unpaired) electrons. The lowest BCUT2D eigenvalue weighted by Gasteiger charge is -2.01. The van der Waals surface area contributed by atoms with Crippen molar-refractivity contribution >= 4 is 28.7 Å². The van der Waals surface area contributed by atoms with Gasteiger partial charge in [0.15, 0.2) is 0 Å². The van der Waals surface area contributed by atoms with Crippen molar-refractivity contribution in [3.05, 3.63) is 88.3 Å². The van der Waals surface area contributed by atoms with E-state index in [2.05, 4.69) is 4.98 Å². The monoisotopic (exact) mass is 358 g/mol. The normalized spacial score (nSPS) is 11.3. The summed E-state index contributed by atoms with van der Waals surface area (Å²) in [6.07, 6.45) is 3.54. The minimum Gasteiger partial charge on any atom is -0.506 e. The lowest BCUT2D eigenvalue weighted by Crippen LogP contribution is -1.87. The van der Waals surface area contributed by atoms with Crippen molar-refractivity contribution in [3.8, 4) is 17.1 Å². The number of furan rings is 1. The summed E-state index contributed by atoms with van der Waals surface area (Å²) in [6, 6.07) is 18.8. The molecular weight excluding hydrogens is 344 g/mol. The molecule has 0 unspecified atom stereocenters. The first-order valence-electron chi connectivity index (χ1n) is 8.22. The van der Waals surface area contributed by atoms with Gasteiger partial charge in [-0.2, -0.15) is 0 Å². The van der Waals surface area contributed by atoms with Crippen molar-refractivity contribution in [2.75, 3.05) is 0 Å². The molecule has 0 saturated carbocycles. The molecule has 0 aliphatic carbocycles. The van der Waals surface area contributed by atoms with E-state index in [1.54, 1.807) is 48.6 Å². The van der Waals surface area contributed by atoms with E-state index < -0.39 is 4.92 Å². The standard InChI is InChI=1S/C21H14N2O4/c24-19-6-2-3-14-7-8-16(22-21(14)19)9-10-18-11-12-20(27-18)15-4-1-5-17(13-15)23(25)26/h1-13,24H/b10-9+. The maximum atomic E-state index is 10.9. The first kappa shape index (κ1) is 16.5. The van der Waals surface area contributed by atoms with Gasteiger partial charge in [-0.25, -0.2) is 4.98 Å². The van der Waals surface area contributed by atoms with Crippen molar-refractivity contribution in [2.45, 2.75) is 0 Å². The van der Waals surface area contributed by atoms with Gasteiger partial charge in [-0.15, -0.1) is 0 Å². The van der Waals surface area contributed by atoms with Gasteiger partial charge < -0.3 is 9.52 Å². The molecule has 0 saturated heterocycles. The Kier molecular flexibility index (Phi) is 4.14. The quantitative estimate of drug-likeness (QED) is 0.396. The van der Waals surface area contributed by atoms with E-state index in [0.717, 1.165) is 5.39 Å². The molecule has 0 aliphatic heterocycles. The summed E-state index contributed by atoms with van der Waals surface area (Å²) in [5.74, 6) is 1.27. The Morgan fingerprint density at radius 1 is 1.00 bits per heavy atom. The fraction of sp³-hybridized carbons (Fsp3) is 0. The Balaban J connectivity index is 1.60. The smallest absolute Gasteiger partial charge is 0.270 e. The van der Waals surface area contributed by atoms with E-state index in [1.165, 1.54) is 12.1 Å². The number of rotatable bonds is 4. The Bertz CT molecular complexity index is 1180. The number of hydrogen-bond acceptors (Lipinski definition) is 5. The largest absolute Gasteiger partial charge is 0.506 e. The van der Waals surface area contributed by atoms with E-state index in [4.69, 9.17) is 4.42 Å². The van der Waals surface area contributed by atoms with Crippen LogP contribution in [0.1, 0.15) is 11.5 Å². The summed E-state index contributed by atoms with van der Waals surface area (Å²) in [6.45, 7) is 0. The van der Waals surface area contributed by atoms with E-state index in [9.17, 15) is 15.2 Å². The van der Waals surface area contributed by atoms with Crippen LogP contribution in [0.2, 0.25) is 0 Å². The van der Waals surface area contributed by atoms with Crippen LogP contribution in [0.5, 0.6) is 5.75 Å². The van der Waals surface area contributed by atoms with Crippen LogP contribution in [0, 0.1) is 10.1 Å². The van der Waals surface area contributed by atoms with Crippen molar-refractivity contribution in [1.29, 1.82) is 0 Å². The first-order valence-corrected chi connectivity index (χ1v) is 8.22. The van der Waals surface area contributed by atoms with Crippen LogP contribution in [0.15, 0.2) is 71.1 Å². The molecule has 2 aromatic heterocycles. The highest BCUT2D eigenvalue weighted by Crippen LogP contribution is 2.27. The van der Waals surface area contributed by atoms with Crippen LogP contribution < -0.4 is 0 Å². The molecule has 0 atom stereocenters. The van der Waals surface area contributed by atoms with Crippen molar-refractivity contribution < 1.29 is 14.4 Å². The van der Waals surface area contributed by atoms with Gasteiger partial charge in [0.2, 0.25) is 0 Å². The lowest BCUT2D eigenvalue weighted by atomic mass is 10.1. The first-order chi connectivity index (χ1) is 13.1. The predicted octanol–water partition coefficient (Wildman–Crippen LogP) is 5.28. The molecule has 4 aromatic rings. The number of benzene rings is 2. The van der Waals surface area contributed by atoms with Crippen molar-refractivity contribution in [2.24, 2.45) is 0 Å². The Labute approximate surface area is 154 Å². The third-order valence-corrected chi connectivity index (χ3v) is 4.11. The molecule has 0 aliphatic rings. The number of hydrogen-bond donors (Lipinski definition) is 1. The second-order valence-electron chi connectivity index (χ2n) is 5.93. The lowest BCUT2D eigenvalue weighted by molar-refractivity contribution is -0.384. The molecule has 6 heteroatoms. The highest BCUT2D eigenvalue weighted by Gasteiger charge is 2.09. The number of fused-ring (bicyclic) bond motifs is 1. The van der Waals surface area contributed by atoms with Gasteiger partial charge >= 0.3 is 0 Å². The number of pyridine rings is 1. The minimum absolute atomic E-state index is 0.0150. The fourth-order valence-corrected chi connectivity index (χ4v) is 2.78. The third-order valence-electron chi connectivity index (χ3n) is 4.11. The van der Waals surface area contributed by atoms with Gasteiger partial charge in [-0.1, -0.05) is 30.3 Å². The topological polar surface area (TPSA) is 89.4 Å². The summed E-state index contributed by atoms with van der Waals surface area (Å²) in [5.41, 5.74) is 1.87. The zero-order valence-corrected chi connectivity index (χ0v) is 14.1. The maximum absolute atomic E-state index is 10.9. The van der Waals surface area contributed by atoms with Gasteiger partial charge in [-0.05, 0) is 36.4 Å². The Hall–Kier alpha value is -3.93. The SMILES string of the molecule is O=[N+]([O-])c1cccc(-c2ccc(/C=C/c3ccc4cccc(O)c4n3)o2)c1. The van der Waals surface area contributed by atoms with Gasteiger partial charge in [0.25, 0.3) is 5.69 Å². The van der Waals surface area contributed by atoms with Crippen LogP contribution in [0.25, 0.3) is 34.4 Å². The molecule has 27 heavy (non-hydrogen) atoms. The molecule has 6 nitrogen and oxygen atoms in total. The zero-order valence-electron chi connectivity index (χ0n) is 14.1. The molecule has 2 heterocycles. The number of nitro benzene ring substituents is 1. The van der Waals surface area contributed by atoms with E-state index in [-0.39, 0.29) is 11.4 Å². The van der Waals surface area contributed by atoms with Crippen LogP contribution >= 0.6 is 0 Å². The number of phenolic OH excluding ortho intramolecular Hbond substituents is 1. The number of nitrogens with zero attached hydrogens (tertiary/aromatic N) is 2. The van der Waals surface area contributed by atoms with Gasteiger partial charge in [0.1, 0.15) is 22.8 Å². The van der Waals surface area contributed by atoms with Crippen molar-refractivity contribution in [3.63, 3.8) is 0 Å². The summed E-state index contributed by atoms with van der Waals surface area (Å²) >= 11 is 0. The van der Waals surface area contributed by atoms with Gasteiger partial charge in [0, 0.05) is 23.1 Å². The maximum Gasteiger partial charge on any atom is 0.270 e. The molecule has 0 bridgehead atoms. The van der Waals surface area contributed by atoms with Gasteiger partial charge in [-0.3, -0.25) is 10.1 Å². The van der Waals surface area contributed by atoms with E-state index in [1.807, 2.05) is 18.2 Å². The number of aromatic nitrogens is 1. The molecule has 2 aromatic carbocycles. The predicted molar refractivity (Wildman–Crippen MR) is 103 cm³/mol. The molecule has 0 spiro atoms. The zero-order chi connectivity index (χ0) is 18.8. The Morgan fingerprint density at radius 2 is 1.85 bits per heavy atom. The average Bonchev–Trinajstić information content (AvgIpc) is 3.16. The molecule has 1 N–H and O–H groups in total. The Morgan fingerprint density at radius 3 is 2.70 bits per heavy atom. The summed E-state index contributed by atoms with van der Waals surface area (Å²) in [5, 5.41) is 21.7. The minimum atomic E-state index is -0.436. The second-order valence-corrected chi connectivity index (χ2v) is 5.93. The second kappa shape index (κ2) is 6.76. The van der Waals surface area contributed by atoms with E-state index in [0.29, 0.717) is 28.3 Å². The molecule has 4 rings (SSSR count). The molecule has 0 amide bonds. The summed E-state index contributed by atoms with van der Waals surface area (Å²) in [7, 11) is 0. The number of aromatic hydroxyl groups is 1. The fourth-order valence-electron chi connectivity index (χ4n) is 2.78. The average molecular weight is 358 g/mol. The number of phenols is 1. The number of para-hydroxylation sites is 1. The van der Waals surface area contributed by atoms with Crippen LogP contribution in [-0.4, -0.2) is 15.0 Å². The van der Waals surface area contributed by atoms with Crippen molar-refractivity contribution in [1.82, 2.24) is 4.98 Å². The molecular formula is C21H14N2O4. The highest BCUT2D eigenvalue weighted by molar-refractivity contribution is 5.85. The number of non-ortho nitro benzene ring substituents is 1. The van der Waals surface area contributed by atoms with Crippen LogP contribution in [0.4, 0.5) is 5.69 Å².